The van der Waals surface area contributed by atoms with Crippen LogP contribution in [-0.4, -0.2) is 30.6 Å². The number of nitrogens with zero attached hydrogens (tertiary/aromatic N) is 2. The van der Waals surface area contributed by atoms with Crippen molar-refractivity contribution in [2.24, 2.45) is 5.92 Å². The summed E-state index contributed by atoms with van der Waals surface area (Å²) in [4.78, 5) is 25.1. The highest BCUT2D eigenvalue weighted by Gasteiger charge is 2.25. The fourth-order valence-corrected chi connectivity index (χ4v) is 3.48. The molecule has 1 fully saturated rings. The molecule has 1 heterocycles. The van der Waals surface area contributed by atoms with Crippen LogP contribution in [0.4, 0.5) is 26.2 Å². The number of nitro benzene ring substituents is 1. The molecule has 7 nitrogen and oxygen atoms in total. The van der Waals surface area contributed by atoms with Crippen LogP contribution in [0.15, 0.2) is 42.5 Å². The number of carbonyl (C=O) groups excluding carboxylic acids is 1. The van der Waals surface area contributed by atoms with Crippen molar-refractivity contribution >= 4 is 23.1 Å². The van der Waals surface area contributed by atoms with Crippen LogP contribution in [0, 0.1) is 28.8 Å². The molecule has 2 amide bonds. The Morgan fingerprint density at radius 1 is 1.32 bits per heavy atom. The summed E-state index contributed by atoms with van der Waals surface area (Å²) in [6, 6.07) is 10.5. The summed E-state index contributed by atoms with van der Waals surface area (Å²) >= 11 is 0. The predicted octanol–water partition coefficient (Wildman–Crippen LogP) is 4.08. The fraction of sp³-hybridized carbons (Fsp3) is 0.350. The van der Waals surface area contributed by atoms with Gasteiger partial charge in [-0.1, -0.05) is 12.1 Å². The molecule has 3 rings (SSSR count). The van der Waals surface area contributed by atoms with E-state index >= 15 is 0 Å². The molecule has 1 unspecified atom stereocenters. The molecule has 0 spiro atoms. The van der Waals surface area contributed by atoms with E-state index in [9.17, 15) is 19.3 Å². The first-order chi connectivity index (χ1) is 13.4. The Balaban J connectivity index is 1.58. The molecule has 8 heteroatoms. The Bertz CT molecular complexity index is 874. The van der Waals surface area contributed by atoms with Gasteiger partial charge in [0.05, 0.1) is 4.92 Å². The molecule has 1 aliphatic heterocycles. The Kier molecular flexibility index (Phi) is 6.08. The van der Waals surface area contributed by atoms with E-state index in [1.165, 1.54) is 18.2 Å². The van der Waals surface area contributed by atoms with E-state index in [4.69, 9.17) is 0 Å². The molecule has 1 aliphatic rings. The van der Waals surface area contributed by atoms with Crippen LogP contribution in [-0.2, 0) is 0 Å². The number of aryl methyl sites for hydroxylation is 1. The lowest BCUT2D eigenvalue weighted by Crippen LogP contribution is -2.42. The van der Waals surface area contributed by atoms with E-state index in [1.54, 1.807) is 18.2 Å². The third kappa shape index (κ3) is 4.97. The summed E-state index contributed by atoms with van der Waals surface area (Å²) in [5.74, 6) is -0.242. The monoisotopic (exact) mass is 386 g/mol. The van der Waals surface area contributed by atoms with Crippen LogP contribution < -0.4 is 15.5 Å². The van der Waals surface area contributed by atoms with Crippen molar-refractivity contribution in [3.63, 3.8) is 0 Å². The van der Waals surface area contributed by atoms with E-state index in [1.807, 2.05) is 17.9 Å². The first kappa shape index (κ1) is 19.6. The maximum atomic E-state index is 13.2. The Morgan fingerprint density at radius 3 is 2.89 bits per heavy atom. The smallest absolute Gasteiger partial charge is 0.319 e. The number of nitro groups is 1. The van der Waals surface area contributed by atoms with Crippen LogP contribution in [0.2, 0.25) is 0 Å². The summed E-state index contributed by atoms with van der Waals surface area (Å²) in [6.07, 6.45) is 1.82. The topological polar surface area (TPSA) is 87.5 Å². The molecule has 0 aliphatic carbocycles. The van der Waals surface area contributed by atoms with Gasteiger partial charge in [0.2, 0.25) is 0 Å². The number of anilines is 2. The van der Waals surface area contributed by atoms with E-state index in [0.29, 0.717) is 24.5 Å². The van der Waals surface area contributed by atoms with E-state index < -0.39 is 11.8 Å². The number of rotatable bonds is 5. The van der Waals surface area contributed by atoms with E-state index in [0.717, 1.165) is 24.9 Å². The second-order valence-corrected chi connectivity index (χ2v) is 7.05. The number of benzene rings is 2. The second kappa shape index (κ2) is 8.69. The van der Waals surface area contributed by atoms with Crippen LogP contribution in [0.25, 0.3) is 0 Å². The van der Waals surface area contributed by atoms with Crippen LogP contribution >= 0.6 is 0 Å². The lowest BCUT2D eigenvalue weighted by Gasteiger charge is -2.34. The first-order valence-electron chi connectivity index (χ1n) is 9.23. The highest BCUT2D eigenvalue weighted by Crippen LogP contribution is 2.32. The molecule has 28 heavy (non-hydrogen) atoms. The van der Waals surface area contributed by atoms with Crippen molar-refractivity contribution in [1.82, 2.24) is 5.32 Å². The molecule has 0 aromatic heterocycles. The van der Waals surface area contributed by atoms with Crippen LogP contribution in [0.3, 0.4) is 0 Å². The summed E-state index contributed by atoms with van der Waals surface area (Å²) in [6.45, 7) is 3.65. The number of hydrogen-bond donors (Lipinski definition) is 2. The largest absolute Gasteiger partial charge is 0.366 e. The minimum atomic E-state index is -0.416. The summed E-state index contributed by atoms with van der Waals surface area (Å²) < 4.78 is 13.2. The van der Waals surface area contributed by atoms with Crippen molar-refractivity contribution < 1.29 is 14.1 Å². The number of amides is 2. The zero-order valence-electron chi connectivity index (χ0n) is 15.7. The zero-order valence-corrected chi connectivity index (χ0v) is 15.7. The lowest BCUT2D eigenvalue weighted by atomic mass is 9.97. The van der Waals surface area contributed by atoms with Gasteiger partial charge in [0.15, 0.2) is 0 Å². The third-order valence-corrected chi connectivity index (χ3v) is 4.82. The Labute approximate surface area is 162 Å². The number of carbonyl (C=O) groups is 1. The van der Waals surface area contributed by atoms with Crippen LogP contribution in [0.5, 0.6) is 0 Å². The van der Waals surface area contributed by atoms with Crippen molar-refractivity contribution in [3.8, 4) is 0 Å². The van der Waals surface area contributed by atoms with Gasteiger partial charge >= 0.3 is 6.03 Å². The average Bonchev–Trinajstić information content (AvgIpc) is 2.66. The van der Waals surface area contributed by atoms with Gasteiger partial charge in [0, 0.05) is 31.4 Å². The second-order valence-electron chi connectivity index (χ2n) is 7.05. The first-order valence-corrected chi connectivity index (χ1v) is 9.23. The van der Waals surface area contributed by atoms with E-state index in [-0.39, 0.29) is 16.5 Å². The van der Waals surface area contributed by atoms with Gasteiger partial charge in [-0.25, -0.2) is 9.18 Å². The molecule has 1 atom stereocenters. The van der Waals surface area contributed by atoms with Gasteiger partial charge in [-0.05, 0) is 55.5 Å². The van der Waals surface area contributed by atoms with Crippen LogP contribution in [0.1, 0.15) is 18.4 Å². The summed E-state index contributed by atoms with van der Waals surface area (Å²) in [5, 5.41) is 16.8. The molecule has 1 saturated heterocycles. The minimum Gasteiger partial charge on any atom is -0.366 e. The van der Waals surface area contributed by atoms with Gasteiger partial charge in [0.1, 0.15) is 11.5 Å². The summed E-state index contributed by atoms with van der Waals surface area (Å²) in [5.41, 5.74) is 1.96. The maximum absolute atomic E-state index is 13.2. The van der Waals surface area contributed by atoms with Gasteiger partial charge in [0.25, 0.3) is 5.69 Å². The molecule has 2 aromatic carbocycles. The minimum absolute atomic E-state index is 0.109. The molecular weight excluding hydrogens is 363 g/mol. The van der Waals surface area contributed by atoms with Gasteiger partial charge in [-0.15, -0.1) is 0 Å². The number of nitrogens with one attached hydrogen (secondary N) is 2. The lowest BCUT2D eigenvalue weighted by molar-refractivity contribution is -0.384. The standard InChI is InChI=1S/C20H23FN4O3/c1-14-7-8-18(19(10-14)25(27)28)24-9-3-4-15(13-24)12-22-20(26)23-17-6-2-5-16(21)11-17/h2,5-8,10-11,15H,3-4,9,12-13H2,1H3,(H2,22,23,26). The number of piperidine rings is 1. The van der Waals surface area contributed by atoms with Gasteiger partial charge < -0.3 is 15.5 Å². The maximum Gasteiger partial charge on any atom is 0.319 e. The predicted molar refractivity (Wildman–Crippen MR) is 106 cm³/mol. The highest BCUT2D eigenvalue weighted by molar-refractivity contribution is 5.89. The molecular formula is C20H23FN4O3. The van der Waals surface area contributed by atoms with Gasteiger partial charge in [-0.3, -0.25) is 10.1 Å². The molecule has 2 aromatic rings. The van der Waals surface area contributed by atoms with Gasteiger partial charge in [-0.2, -0.15) is 0 Å². The van der Waals surface area contributed by atoms with Crippen molar-refractivity contribution in [1.29, 1.82) is 0 Å². The highest BCUT2D eigenvalue weighted by atomic mass is 19.1. The Hall–Kier alpha value is -3.16. The number of halogens is 1. The average molecular weight is 386 g/mol. The fourth-order valence-electron chi connectivity index (χ4n) is 3.48. The number of urea groups is 1. The van der Waals surface area contributed by atoms with Crippen molar-refractivity contribution in [2.75, 3.05) is 29.9 Å². The Morgan fingerprint density at radius 2 is 2.14 bits per heavy atom. The normalized spacial score (nSPS) is 16.5. The molecule has 0 bridgehead atoms. The quantitative estimate of drug-likeness (QED) is 0.599. The molecule has 0 saturated carbocycles. The number of hydrogen-bond acceptors (Lipinski definition) is 4. The third-order valence-electron chi connectivity index (χ3n) is 4.82. The SMILES string of the molecule is Cc1ccc(N2CCCC(CNC(=O)Nc3cccc(F)c3)C2)c([N+](=O)[O-])c1. The van der Waals surface area contributed by atoms with E-state index in [2.05, 4.69) is 10.6 Å². The van der Waals surface area contributed by atoms with Crippen molar-refractivity contribution in [3.05, 3.63) is 64.0 Å². The molecule has 0 radical (unpaired) electrons. The van der Waals surface area contributed by atoms with Crippen molar-refractivity contribution in [2.45, 2.75) is 19.8 Å². The summed E-state index contributed by atoms with van der Waals surface area (Å²) in [7, 11) is 0. The molecule has 148 valence electrons. The zero-order chi connectivity index (χ0) is 20.1. The molecule has 2 N–H and O–H groups in total.